The summed E-state index contributed by atoms with van der Waals surface area (Å²) in [4.78, 5) is 22.9. The largest absolute Gasteiger partial charge is 0.394 e. The van der Waals surface area contributed by atoms with Gasteiger partial charge in [-0.2, -0.15) is 0 Å². The molecule has 1 aromatic rings. The number of carbonyl (C=O) groups excluding carboxylic acids is 2. The highest BCUT2D eigenvalue weighted by molar-refractivity contribution is 6.39. The lowest BCUT2D eigenvalue weighted by atomic mass is 10.2. The minimum atomic E-state index is -0.896. The number of anilines is 1. The highest BCUT2D eigenvalue weighted by Gasteiger charge is 2.17. The Morgan fingerprint density at radius 3 is 2.67 bits per heavy atom. The average Bonchev–Trinajstić information content (AvgIpc) is 2.35. The Morgan fingerprint density at radius 2 is 2.11 bits per heavy atom. The first-order chi connectivity index (χ1) is 8.56. The van der Waals surface area contributed by atoms with Gasteiger partial charge >= 0.3 is 11.8 Å². The fourth-order valence-electron chi connectivity index (χ4n) is 1.28. The van der Waals surface area contributed by atoms with Crippen molar-refractivity contribution in [1.82, 2.24) is 5.32 Å². The summed E-state index contributed by atoms with van der Waals surface area (Å²) in [6.45, 7) is 1.53. The molecular formula is C12H15FN2O3. The summed E-state index contributed by atoms with van der Waals surface area (Å²) < 4.78 is 12.9. The molecule has 6 heteroatoms. The summed E-state index contributed by atoms with van der Waals surface area (Å²) in [6, 6.07) is 4.77. The van der Waals surface area contributed by atoms with E-state index >= 15 is 0 Å². The summed E-state index contributed by atoms with van der Waals surface area (Å²) in [7, 11) is 0. The number of hydrogen-bond acceptors (Lipinski definition) is 3. The van der Waals surface area contributed by atoms with Crippen LogP contribution in [0.5, 0.6) is 0 Å². The van der Waals surface area contributed by atoms with E-state index in [0.717, 1.165) is 6.07 Å². The van der Waals surface area contributed by atoms with E-state index in [1.807, 2.05) is 0 Å². The van der Waals surface area contributed by atoms with Crippen LogP contribution in [0.1, 0.15) is 13.3 Å². The van der Waals surface area contributed by atoms with Crippen LogP contribution in [0.15, 0.2) is 24.3 Å². The fourth-order valence-corrected chi connectivity index (χ4v) is 1.28. The van der Waals surface area contributed by atoms with Gasteiger partial charge in [0.25, 0.3) is 0 Å². The van der Waals surface area contributed by atoms with Gasteiger partial charge in [-0.05, 0) is 24.6 Å². The second kappa shape index (κ2) is 6.70. The van der Waals surface area contributed by atoms with Crippen LogP contribution in [0, 0.1) is 5.82 Å². The van der Waals surface area contributed by atoms with Crippen LogP contribution < -0.4 is 10.6 Å². The van der Waals surface area contributed by atoms with Crippen molar-refractivity contribution in [3.8, 4) is 0 Å². The number of aliphatic hydroxyl groups is 1. The molecule has 1 aromatic carbocycles. The third-order valence-corrected chi connectivity index (χ3v) is 2.34. The van der Waals surface area contributed by atoms with Crippen molar-refractivity contribution < 1.29 is 19.1 Å². The average molecular weight is 254 g/mol. The highest BCUT2D eigenvalue weighted by Crippen LogP contribution is 2.08. The van der Waals surface area contributed by atoms with Crippen LogP contribution in [0.2, 0.25) is 0 Å². The zero-order valence-corrected chi connectivity index (χ0v) is 9.94. The SMILES string of the molecule is CC[C@@H](CO)NC(=O)C(=O)Nc1cccc(F)c1. The molecule has 2 amide bonds. The third-order valence-electron chi connectivity index (χ3n) is 2.34. The van der Waals surface area contributed by atoms with Crippen molar-refractivity contribution in [2.24, 2.45) is 0 Å². The molecule has 3 N–H and O–H groups in total. The van der Waals surface area contributed by atoms with Crippen LogP contribution in [0.3, 0.4) is 0 Å². The lowest BCUT2D eigenvalue weighted by Crippen LogP contribution is -2.43. The Bertz CT molecular complexity index is 433. The normalized spacial score (nSPS) is 11.7. The van der Waals surface area contributed by atoms with Crippen molar-refractivity contribution in [3.05, 3.63) is 30.1 Å². The number of aliphatic hydroxyl groups excluding tert-OH is 1. The van der Waals surface area contributed by atoms with Crippen LogP contribution in [0.4, 0.5) is 10.1 Å². The number of benzene rings is 1. The molecule has 0 heterocycles. The van der Waals surface area contributed by atoms with Gasteiger partial charge in [0.15, 0.2) is 0 Å². The first kappa shape index (κ1) is 14.1. The molecule has 5 nitrogen and oxygen atoms in total. The molecule has 0 aliphatic carbocycles. The van der Waals surface area contributed by atoms with Gasteiger partial charge in [0.05, 0.1) is 12.6 Å². The highest BCUT2D eigenvalue weighted by atomic mass is 19.1. The lowest BCUT2D eigenvalue weighted by Gasteiger charge is -2.13. The van der Waals surface area contributed by atoms with Gasteiger partial charge in [0.1, 0.15) is 5.82 Å². The Balaban J connectivity index is 2.57. The van der Waals surface area contributed by atoms with E-state index in [-0.39, 0.29) is 12.3 Å². The predicted molar refractivity (Wildman–Crippen MR) is 64.3 cm³/mol. The molecule has 0 unspecified atom stereocenters. The minimum Gasteiger partial charge on any atom is -0.394 e. The molecule has 0 spiro atoms. The second-order valence-electron chi connectivity index (χ2n) is 3.73. The maximum Gasteiger partial charge on any atom is 0.313 e. The summed E-state index contributed by atoms with van der Waals surface area (Å²) in [6.07, 6.45) is 0.509. The topological polar surface area (TPSA) is 78.4 Å². The van der Waals surface area contributed by atoms with Gasteiger partial charge in [-0.3, -0.25) is 9.59 Å². The molecule has 0 radical (unpaired) electrons. The van der Waals surface area contributed by atoms with Gasteiger partial charge in [0, 0.05) is 5.69 Å². The van der Waals surface area contributed by atoms with Crippen LogP contribution in [0.25, 0.3) is 0 Å². The molecule has 0 aliphatic rings. The van der Waals surface area contributed by atoms with Crippen molar-refractivity contribution in [2.45, 2.75) is 19.4 Å². The number of halogens is 1. The Kier molecular flexibility index (Phi) is 5.26. The van der Waals surface area contributed by atoms with Crippen molar-refractivity contribution in [3.63, 3.8) is 0 Å². The zero-order chi connectivity index (χ0) is 13.5. The lowest BCUT2D eigenvalue weighted by molar-refractivity contribution is -0.136. The third kappa shape index (κ3) is 4.14. The van der Waals surface area contributed by atoms with Crippen LogP contribution in [-0.4, -0.2) is 29.6 Å². The minimum absolute atomic E-state index is 0.201. The molecule has 1 atom stereocenters. The molecule has 0 aliphatic heterocycles. The first-order valence-electron chi connectivity index (χ1n) is 5.55. The Morgan fingerprint density at radius 1 is 1.39 bits per heavy atom. The van der Waals surface area contributed by atoms with Gasteiger partial charge in [0.2, 0.25) is 0 Å². The zero-order valence-electron chi connectivity index (χ0n) is 9.94. The summed E-state index contributed by atoms with van der Waals surface area (Å²) in [5.41, 5.74) is 0.201. The van der Waals surface area contributed by atoms with E-state index in [4.69, 9.17) is 5.11 Å². The van der Waals surface area contributed by atoms with Crippen molar-refractivity contribution in [1.29, 1.82) is 0 Å². The summed E-state index contributed by atoms with van der Waals surface area (Å²) in [5, 5.41) is 13.5. The molecule has 0 bridgehead atoms. The number of nitrogens with one attached hydrogen (secondary N) is 2. The maximum absolute atomic E-state index is 12.9. The second-order valence-corrected chi connectivity index (χ2v) is 3.73. The van der Waals surface area contributed by atoms with Crippen LogP contribution >= 0.6 is 0 Å². The quantitative estimate of drug-likeness (QED) is 0.690. The van der Waals surface area contributed by atoms with Gasteiger partial charge in [-0.1, -0.05) is 13.0 Å². The van der Waals surface area contributed by atoms with Gasteiger partial charge < -0.3 is 15.7 Å². The standard InChI is InChI=1S/C12H15FN2O3/c1-2-9(7-16)14-11(17)12(18)15-10-5-3-4-8(13)6-10/h3-6,9,16H,2,7H2,1H3,(H,14,17)(H,15,18)/t9-/m0/s1. The van der Waals surface area contributed by atoms with E-state index < -0.39 is 23.7 Å². The molecule has 98 valence electrons. The molecular weight excluding hydrogens is 239 g/mol. The van der Waals surface area contributed by atoms with E-state index in [1.54, 1.807) is 6.92 Å². The Labute approximate surface area is 104 Å². The molecule has 0 saturated carbocycles. The van der Waals surface area contributed by atoms with Crippen LogP contribution in [-0.2, 0) is 9.59 Å². The van der Waals surface area contributed by atoms with E-state index in [0.29, 0.717) is 6.42 Å². The van der Waals surface area contributed by atoms with E-state index in [2.05, 4.69) is 10.6 Å². The number of hydrogen-bond donors (Lipinski definition) is 3. The maximum atomic E-state index is 12.9. The first-order valence-corrected chi connectivity index (χ1v) is 5.55. The Hall–Kier alpha value is -1.95. The molecule has 0 fully saturated rings. The predicted octanol–water partition coefficient (Wildman–Crippen LogP) is 0.651. The van der Waals surface area contributed by atoms with Crippen molar-refractivity contribution >= 4 is 17.5 Å². The molecule has 0 saturated heterocycles. The summed E-state index contributed by atoms with van der Waals surface area (Å²) >= 11 is 0. The smallest absolute Gasteiger partial charge is 0.313 e. The number of amides is 2. The van der Waals surface area contributed by atoms with E-state index in [9.17, 15) is 14.0 Å². The number of rotatable bonds is 4. The van der Waals surface area contributed by atoms with Crippen molar-refractivity contribution in [2.75, 3.05) is 11.9 Å². The number of carbonyl (C=O) groups is 2. The fraction of sp³-hybridized carbons (Fsp3) is 0.333. The molecule has 18 heavy (non-hydrogen) atoms. The molecule has 1 rings (SSSR count). The van der Waals surface area contributed by atoms with Gasteiger partial charge in [-0.15, -0.1) is 0 Å². The summed E-state index contributed by atoms with van der Waals surface area (Å²) in [5.74, 6) is -2.26. The van der Waals surface area contributed by atoms with E-state index in [1.165, 1.54) is 18.2 Å². The molecule has 0 aromatic heterocycles. The monoisotopic (exact) mass is 254 g/mol. The van der Waals surface area contributed by atoms with Gasteiger partial charge in [-0.25, -0.2) is 4.39 Å².